The summed E-state index contributed by atoms with van der Waals surface area (Å²) in [6, 6.07) is 18.1. The highest BCUT2D eigenvalue weighted by molar-refractivity contribution is 14.1. The zero-order chi connectivity index (χ0) is 21.5. The van der Waals surface area contributed by atoms with Crippen LogP contribution >= 0.6 is 56.5 Å². The first kappa shape index (κ1) is 20.8. The van der Waals surface area contributed by atoms with Crippen LogP contribution in [0.25, 0.3) is 22.1 Å². The normalized spacial score (nSPS) is 12.2. The van der Waals surface area contributed by atoms with Crippen LogP contribution in [0.4, 0.5) is 4.39 Å². The van der Waals surface area contributed by atoms with E-state index >= 15 is 0 Å². The molecule has 0 bridgehead atoms. The van der Waals surface area contributed by atoms with Crippen molar-refractivity contribution < 1.29 is 9.13 Å². The Kier molecular flexibility index (Phi) is 5.69. The smallest absolute Gasteiger partial charge is 0.274 e. The third-order valence-electron chi connectivity index (χ3n) is 4.80. The Balaban J connectivity index is 1.62. The Morgan fingerprint density at radius 3 is 2.71 bits per heavy atom. The summed E-state index contributed by atoms with van der Waals surface area (Å²) in [6.07, 6.45) is 1.83. The van der Waals surface area contributed by atoms with Crippen molar-refractivity contribution in [1.82, 2.24) is 9.38 Å². The number of fused-ring (bicyclic) bond motifs is 3. The minimum atomic E-state index is -0.304. The molecule has 0 aliphatic heterocycles. The molecule has 8 heteroatoms. The fourth-order valence-corrected chi connectivity index (χ4v) is 6.38. The molecule has 0 aliphatic rings. The van der Waals surface area contributed by atoms with Crippen molar-refractivity contribution in [3.63, 3.8) is 0 Å². The van der Waals surface area contributed by atoms with Crippen LogP contribution in [0.15, 0.2) is 65.5 Å². The predicted molar refractivity (Wildman–Crippen MR) is 138 cm³/mol. The molecule has 0 saturated carbocycles. The van der Waals surface area contributed by atoms with Crippen molar-refractivity contribution >= 4 is 78.6 Å². The van der Waals surface area contributed by atoms with Gasteiger partial charge in [-0.3, -0.25) is 4.79 Å². The average molecular weight is 654 g/mol. The van der Waals surface area contributed by atoms with Gasteiger partial charge in [0, 0.05) is 14.7 Å². The molecule has 3 aromatic carbocycles. The number of ether oxygens (including phenoxy) is 1. The van der Waals surface area contributed by atoms with Crippen LogP contribution in [-0.2, 0) is 6.61 Å². The highest BCUT2D eigenvalue weighted by atomic mass is 127. The van der Waals surface area contributed by atoms with Gasteiger partial charge in [0.25, 0.3) is 5.56 Å². The van der Waals surface area contributed by atoms with E-state index in [2.05, 4.69) is 50.2 Å². The molecule has 0 radical (unpaired) electrons. The number of imidazole rings is 1. The first-order valence-corrected chi connectivity index (χ1v) is 12.3. The second-order valence-electron chi connectivity index (χ2n) is 6.82. The summed E-state index contributed by atoms with van der Waals surface area (Å²) in [5.74, 6) is 0.321. The highest BCUT2D eigenvalue weighted by Crippen LogP contribution is 2.30. The van der Waals surface area contributed by atoms with E-state index in [4.69, 9.17) is 4.74 Å². The Labute approximate surface area is 207 Å². The van der Waals surface area contributed by atoms with Gasteiger partial charge in [0.05, 0.1) is 19.1 Å². The van der Waals surface area contributed by atoms with Crippen molar-refractivity contribution in [2.75, 3.05) is 0 Å². The molecular formula is C23H13FI2N2O2S. The quantitative estimate of drug-likeness (QED) is 0.245. The van der Waals surface area contributed by atoms with Crippen LogP contribution in [-0.4, -0.2) is 9.38 Å². The molecule has 0 N–H and O–H groups in total. The summed E-state index contributed by atoms with van der Waals surface area (Å²) >= 11 is 5.78. The van der Waals surface area contributed by atoms with E-state index in [9.17, 15) is 9.18 Å². The fourth-order valence-electron chi connectivity index (χ4n) is 3.36. The van der Waals surface area contributed by atoms with E-state index in [1.54, 1.807) is 22.6 Å². The lowest BCUT2D eigenvalue weighted by molar-refractivity contribution is 0.297. The summed E-state index contributed by atoms with van der Waals surface area (Å²) in [4.78, 5) is 18.3. The largest absolute Gasteiger partial charge is 0.487 e. The SMILES string of the molecule is O=c1/c(=C\c2cc(I)cc(I)c2OCc2ccccc2F)sc2nc3ccccc3n12. The van der Waals surface area contributed by atoms with Gasteiger partial charge >= 0.3 is 0 Å². The number of thiazole rings is 1. The molecule has 0 aliphatic carbocycles. The van der Waals surface area contributed by atoms with E-state index in [0.29, 0.717) is 20.8 Å². The van der Waals surface area contributed by atoms with Gasteiger partial charge in [0.1, 0.15) is 18.2 Å². The summed E-state index contributed by atoms with van der Waals surface area (Å²) in [5, 5.41) is 0. The Hall–Kier alpha value is -2.05. The molecule has 4 nitrogen and oxygen atoms in total. The molecule has 154 valence electrons. The van der Waals surface area contributed by atoms with E-state index in [0.717, 1.165) is 23.7 Å². The lowest BCUT2D eigenvalue weighted by Gasteiger charge is -2.12. The number of nitrogens with zero attached hydrogens (tertiary/aromatic N) is 2. The molecule has 31 heavy (non-hydrogen) atoms. The third-order valence-corrected chi connectivity index (χ3v) is 7.19. The monoisotopic (exact) mass is 654 g/mol. The Morgan fingerprint density at radius 2 is 1.87 bits per heavy atom. The average Bonchev–Trinajstić information content (AvgIpc) is 3.25. The fraction of sp³-hybridized carbons (Fsp3) is 0.0435. The first-order valence-electron chi connectivity index (χ1n) is 9.28. The van der Waals surface area contributed by atoms with Gasteiger partial charge in [0.15, 0.2) is 4.96 Å². The van der Waals surface area contributed by atoms with Crippen LogP contribution in [0.5, 0.6) is 5.75 Å². The summed E-state index contributed by atoms with van der Waals surface area (Å²) in [5.41, 5.74) is 2.75. The van der Waals surface area contributed by atoms with Gasteiger partial charge in [-0.1, -0.05) is 41.7 Å². The number of hydrogen-bond acceptors (Lipinski definition) is 4. The summed E-state index contributed by atoms with van der Waals surface area (Å²) < 4.78 is 24.2. The number of aromatic nitrogens is 2. The Bertz CT molecular complexity index is 1560. The topological polar surface area (TPSA) is 43.6 Å². The van der Waals surface area contributed by atoms with Gasteiger partial charge in [-0.25, -0.2) is 13.8 Å². The maximum absolute atomic E-state index is 14.0. The zero-order valence-corrected chi connectivity index (χ0v) is 20.9. The maximum Gasteiger partial charge on any atom is 0.274 e. The van der Waals surface area contributed by atoms with Gasteiger partial charge in [-0.15, -0.1) is 0 Å². The molecule has 0 spiro atoms. The zero-order valence-electron chi connectivity index (χ0n) is 15.8. The number of rotatable bonds is 4. The van der Waals surface area contributed by atoms with Crippen molar-refractivity contribution in [3.05, 3.63) is 99.6 Å². The van der Waals surface area contributed by atoms with Gasteiger partial charge < -0.3 is 4.74 Å². The molecule has 5 rings (SSSR count). The standard InChI is InChI=1S/C23H13FI2N2O2S/c24-16-6-2-1-5-13(16)12-30-21-14(9-15(25)11-17(21)26)10-20-22(29)28-19-8-4-3-7-18(19)27-23(28)31-20/h1-11H,12H2/b20-10+. The number of halogens is 3. The van der Waals surface area contributed by atoms with Crippen LogP contribution in [0.3, 0.4) is 0 Å². The van der Waals surface area contributed by atoms with Crippen molar-refractivity contribution in [2.24, 2.45) is 0 Å². The van der Waals surface area contributed by atoms with Crippen molar-refractivity contribution in [1.29, 1.82) is 0 Å². The highest BCUT2D eigenvalue weighted by Gasteiger charge is 2.14. The van der Waals surface area contributed by atoms with Crippen LogP contribution in [0.2, 0.25) is 0 Å². The Morgan fingerprint density at radius 1 is 1.10 bits per heavy atom. The molecular weight excluding hydrogens is 641 g/mol. The summed E-state index contributed by atoms with van der Waals surface area (Å²) in [6.45, 7) is 0.104. The number of hydrogen-bond donors (Lipinski definition) is 0. The minimum absolute atomic E-state index is 0.104. The molecule has 0 atom stereocenters. The van der Waals surface area contributed by atoms with Gasteiger partial charge in [-0.05, 0) is 81.6 Å². The summed E-state index contributed by atoms with van der Waals surface area (Å²) in [7, 11) is 0. The van der Waals surface area contributed by atoms with Gasteiger partial charge in [-0.2, -0.15) is 0 Å². The molecule has 5 aromatic rings. The maximum atomic E-state index is 14.0. The van der Waals surface area contributed by atoms with E-state index in [-0.39, 0.29) is 18.0 Å². The molecule has 2 heterocycles. The van der Waals surface area contributed by atoms with E-state index in [1.807, 2.05) is 42.5 Å². The van der Waals surface area contributed by atoms with E-state index in [1.165, 1.54) is 17.4 Å². The molecule has 0 saturated heterocycles. The van der Waals surface area contributed by atoms with Crippen molar-refractivity contribution in [3.8, 4) is 5.75 Å². The minimum Gasteiger partial charge on any atom is -0.487 e. The lowest BCUT2D eigenvalue weighted by atomic mass is 10.2. The first-order chi connectivity index (χ1) is 15.0. The van der Waals surface area contributed by atoms with Crippen LogP contribution in [0.1, 0.15) is 11.1 Å². The molecule has 0 unspecified atom stereocenters. The predicted octanol–water partition coefficient (Wildman–Crippen LogP) is 5.38. The van der Waals surface area contributed by atoms with Gasteiger partial charge in [0.2, 0.25) is 0 Å². The van der Waals surface area contributed by atoms with E-state index < -0.39 is 0 Å². The van der Waals surface area contributed by atoms with Crippen LogP contribution < -0.4 is 14.8 Å². The second-order valence-corrected chi connectivity index (χ2v) is 10.2. The van der Waals surface area contributed by atoms with Crippen LogP contribution in [0, 0.1) is 13.0 Å². The molecule has 0 fully saturated rings. The number of benzene rings is 3. The second kappa shape index (κ2) is 8.47. The third kappa shape index (κ3) is 3.96. The molecule has 0 amide bonds. The van der Waals surface area contributed by atoms with Crippen molar-refractivity contribution in [2.45, 2.75) is 6.61 Å². The molecule has 2 aromatic heterocycles. The number of para-hydroxylation sites is 2. The lowest BCUT2D eigenvalue weighted by Crippen LogP contribution is -2.22.